The fourth-order valence-corrected chi connectivity index (χ4v) is 1.79. The lowest BCUT2D eigenvalue weighted by atomic mass is 10.5. The lowest BCUT2D eigenvalue weighted by Crippen LogP contribution is -2.34. The van der Waals surface area contributed by atoms with Crippen molar-refractivity contribution in [2.75, 3.05) is 31.2 Å². The van der Waals surface area contributed by atoms with Gasteiger partial charge in [-0.3, -0.25) is 9.00 Å². The van der Waals surface area contributed by atoms with Gasteiger partial charge in [0.15, 0.2) is 0 Å². The van der Waals surface area contributed by atoms with Gasteiger partial charge in [-0.05, 0) is 13.8 Å². The summed E-state index contributed by atoms with van der Waals surface area (Å²) in [4.78, 5) is 13.0. The van der Waals surface area contributed by atoms with Gasteiger partial charge in [-0.15, -0.1) is 0 Å². The predicted octanol–water partition coefficient (Wildman–Crippen LogP) is -0.404. The van der Waals surface area contributed by atoms with Crippen LogP contribution in [0.5, 0.6) is 0 Å². The summed E-state index contributed by atoms with van der Waals surface area (Å²) in [5, 5.41) is 8.48. The lowest BCUT2D eigenvalue weighted by molar-refractivity contribution is -0.128. The average Bonchev–Trinajstić information content (AvgIpc) is 2.06. The van der Waals surface area contributed by atoms with Gasteiger partial charge in [-0.2, -0.15) is 0 Å². The maximum atomic E-state index is 11.3. The molecule has 0 saturated heterocycles. The van der Waals surface area contributed by atoms with Crippen LogP contribution >= 0.6 is 0 Å². The maximum Gasteiger partial charge on any atom is 0.235 e. The van der Waals surface area contributed by atoms with E-state index in [0.717, 1.165) is 0 Å². The Morgan fingerprint density at radius 2 is 1.92 bits per heavy atom. The molecule has 0 heterocycles. The van der Waals surface area contributed by atoms with Crippen LogP contribution in [0.2, 0.25) is 0 Å². The summed E-state index contributed by atoms with van der Waals surface area (Å²) in [5.41, 5.74) is 0. The maximum absolute atomic E-state index is 11.3. The molecule has 1 N–H and O–H groups in total. The Hall–Kier alpha value is -0.420. The summed E-state index contributed by atoms with van der Waals surface area (Å²) in [6, 6.07) is 0. The zero-order valence-corrected chi connectivity index (χ0v) is 8.97. The molecule has 78 valence electrons. The SMILES string of the molecule is CCN(CC)C(=O)CS(=O)CCO. The number of nitrogens with zero attached hydrogens (tertiary/aromatic N) is 1. The third-order valence-corrected chi connectivity index (χ3v) is 2.93. The van der Waals surface area contributed by atoms with Crippen molar-refractivity contribution in [3.63, 3.8) is 0 Å². The number of carbonyl (C=O) groups is 1. The lowest BCUT2D eigenvalue weighted by Gasteiger charge is -2.17. The van der Waals surface area contributed by atoms with E-state index in [-0.39, 0.29) is 24.0 Å². The molecule has 0 aromatic heterocycles. The van der Waals surface area contributed by atoms with Crippen LogP contribution < -0.4 is 0 Å². The van der Waals surface area contributed by atoms with Crippen molar-refractivity contribution in [2.45, 2.75) is 13.8 Å². The highest BCUT2D eigenvalue weighted by Crippen LogP contribution is 1.92. The number of aliphatic hydroxyl groups excluding tert-OH is 1. The number of amides is 1. The number of aliphatic hydroxyl groups is 1. The highest BCUT2D eigenvalue weighted by molar-refractivity contribution is 7.85. The van der Waals surface area contributed by atoms with E-state index in [9.17, 15) is 9.00 Å². The van der Waals surface area contributed by atoms with Gasteiger partial charge < -0.3 is 10.0 Å². The minimum atomic E-state index is -1.22. The van der Waals surface area contributed by atoms with Crippen LogP contribution in [-0.2, 0) is 15.6 Å². The van der Waals surface area contributed by atoms with Gasteiger partial charge in [0, 0.05) is 29.6 Å². The molecule has 0 spiro atoms. The van der Waals surface area contributed by atoms with Crippen molar-refractivity contribution in [3.05, 3.63) is 0 Å². The van der Waals surface area contributed by atoms with Gasteiger partial charge in [0.2, 0.25) is 5.91 Å². The van der Waals surface area contributed by atoms with Crippen molar-refractivity contribution in [1.82, 2.24) is 4.90 Å². The van der Waals surface area contributed by atoms with Crippen molar-refractivity contribution < 1.29 is 14.1 Å². The molecule has 4 nitrogen and oxygen atoms in total. The van der Waals surface area contributed by atoms with Crippen molar-refractivity contribution in [2.24, 2.45) is 0 Å². The first kappa shape index (κ1) is 12.6. The smallest absolute Gasteiger partial charge is 0.235 e. The Morgan fingerprint density at radius 3 is 2.31 bits per heavy atom. The van der Waals surface area contributed by atoms with E-state index in [0.29, 0.717) is 13.1 Å². The third-order valence-electron chi connectivity index (χ3n) is 1.72. The number of rotatable bonds is 6. The zero-order valence-electron chi connectivity index (χ0n) is 8.15. The second kappa shape index (κ2) is 7.03. The van der Waals surface area contributed by atoms with E-state index < -0.39 is 10.8 Å². The Bertz CT molecular complexity index is 180. The molecule has 13 heavy (non-hydrogen) atoms. The molecule has 0 aliphatic rings. The first-order valence-corrected chi connectivity index (χ1v) is 5.88. The Kier molecular flexibility index (Phi) is 6.80. The van der Waals surface area contributed by atoms with Crippen molar-refractivity contribution in [3.8, 4) is 0 Å². The second-order valence-electron chi connectivity index (χ2n) is 2.58. The van der Waals surface area contributed by atoms with Crippen LogP contribution in [0.4, 0.5) is 0 Å². The molecule has 0 radical (unpaired) electrons. The van der Waals surface area contributed by atoms with E-state index in [1.807, 2.05) is 13.8 Å². The molecule has 0 aliphatic heterocycles. The Morgan fingerprint density at radius 1 is 1.38 bits per heavy atom. The van der Waals surface area contributed by atoms with E-state index in [2.05, 4.69) is 0 Å². The molecule has 1 unspecified atom stereocenters. The summed E-state index contributed by atoms with van der Waals surface area (Å²) >= 11 is 0. The summed E-state index contributed by atoms with van der Waals surface area (Å²) in [6.07, 6.45) is 0. The normalized spacial score (nSPS) is 12.5. The van der Waals surface area contributed by atoms with E-state index >= 15 is 0 Å². The topological polar surface area (TPSA) is 57.6 Å². The van der Waals surface area contributed by atoms with Crippen LogP contribution in [0.25, 0.3) is 0 Å². The molecular formula is C8H17NO3S. The molecule has 0 saturated carbocycles. The first-order chi connectivity index (χ1) is 6.15. The van der Waals surface area contributed by atoms with E-state index in [1.54, 1.807) is 4.90 Å². The fourth-order valence-electron chi connectivity index (χ4n) is 0.979. The van der Waals surface area contributed by atoms with E-state index in [1.165, 1.54) is 0 Å². The number of hydrogen-bond donors (Lipinski definition) is 1. The van der Waals surface area contributed by atoms with Crippen molar-refractivity contribution in [1.29, 1.82) is 0 Å². The summed E-state index contributed by atoms with van der Waals surface area (Å²) in [5.74, 6) is 0.117. The predicted molar refractivity (Wildman–Crippen MR) is 52.9 cm³/mol. The molecule has 0 aromatic rings. The average molecular weight is 207 g/mol. The summed E-state index contributed by atoms with van der Waals surface area (Å²) < 4.78 is 11.1. The first-order valence-electron chi connectivity index (χ1n) is 4.39. The third kappa shape index (κ3) is 5.00. The Labute approximate surface area is 81.4 Å². The summed E-state index contributed by atoms with van der Waals surface area (Å²) in [7, 11) is -1.22. The minimum absolute atomic E-state index is 0.0300. The van der Waals surface area contributed by atoms with Gasteiger partial charge in [0.05, 0.1) is 6.61 Å². The van der Waals surface area contributed by atoms with E-state index in [4.69, 9.17) is 5.11 Å². The molecule has 0 fully saturated rings. The molecular weight excluding hydrogens is 190 g/mol. The van der Waals surface area contributed by atoms with Gasteiger partial charge in [-0.1, -0.05) is 0 Å². The molecule has 0 bridgehead atoms. The van der Waals surface area contributed by atoms with Crippen LogP contribution in [0.3, 0.4) is 0 Å². The molecule has 5 heteroatoms. The van der Waals surface area contributed by atoms with Crippen LogP contribution in [0, 0.1) is 0 Å². The monoisotopic (exact) mass is 207 g/mol. The highest BCUT2D eigenvalue weighted by atomic mass is 32.2. The molecule has 0 aliphatic carbocycles. The second-order valence-corrected chi connectivity index (χ2v) is 4.15. The van der Waals surface area contributed by atoms with Gasteiger partial charge in [0.25, 0.3) is 0 Å². The van der Waals surface area contributed by atoms with Gasteiger partial charge in [0.1, 0.15) is 5.75 Å². The fraction of sp³-hybridized carbons (Fsp3) is 0.875. The molecule has 0 aromatic carbocycles. The van der Waals surface area contributed by atoms with Crippen LogP contribution in [0.1, 0.15) is 13.8 Å². The largest absolute Gasteiger partial charge is 0.395 e. The number of hydrogen-bond acceptors (Lipinski definition) is 3. The Balaban J connectivity index is 3.90. The molecule has 1 amide bonds. The summed E-state index contributed by atoms with van der Waals surface area (Å²) in [6.45, 7) is 4.93. The zero-order chi connectivity index (χ0) is 10.3. The van der Waals surface area contributed by atoms with Crippen LogP contribution in [0.15, 0.2) is 0 Å². The standard InChI is InChI=1S/C8H17NO3S/c1-3-9(4-2)8(11)7-13(12)6-5-10/h10H,3-7H2,1-2H3. The molecule has 1 atom stereocenters. The minimum Gasteiger partial charge on any atom is -0.395 e. The number of carbonyl (C=O) groups excluding carboxylic acids is 1. The van der Waals surface area contributed by atoms with Gasteiger partial charge >= 0.3 is 0 Å². The van der Waals surface area contributed by atoms with Crippen LogP contribution in [-0.4, -0.2) is 51.3 Å². The highest BCUT2D eigenvalue weighted by Gasteiger charge is 2.12. The molecule has 0 rings (SSSR count). The quantitative estimate of drug-likeness (QED) is 0.644. The van der Waals surface area contributed by atoms with Gasteiger partial charge in [-0.25, -0.2) is 0 Å². The van der Waals surface area contributed by atoms with Crippen molar-refractivity contribution >= 4 is 16.7 Å².